The van der Waals surface area contributed by atoms with Gasteiger partial charge in [0.15, 0.2) is 5.82 Å². The third-order valence-electron chi connectivity index (χ3n) is 8.75. The number of aromatic nitrogens is 2. The summed E-state index contributed by atoms with van der Waals surface area (Å²) in [5.74, 6) is 0.895. The maximum absolute atomic E-state index is 13.2. The summed E-state index contributed by atoms with van der Waals surface area (Å²) < 4.78 is 11.0. The fraction of sp³-hybridized carbons (Fsp3) is 0.581. The van der Waals surface area contributed by atoms with E-state index >= 15 is 0 Å². The molecule has 5 rings (SSSR count). The average Bonchev–Trinajstić information content (AvgIpc) is 3.74. The van der Waals surface area contributed by atoms with Crippen LogP contribution in [0.5, 0.6) is 5.75 Å². The Morgan fingerprint density at radius 1 is 1.14 bits per heavy atom. The van der Waals surface area contributed by atoms with Gasteiger partial charge < -0.3 is 35.6 Å². The van der Waals surface area contributed by atoms with Gasteiger partial charge in [-0.05, 0) is 69.6 Å². The van der Waals surface area contributed by atoms with E-state index in [-0.39, 0.29) is 43.0 Å². The topological polar surface area (TPSA) is 152 Å². The minimum atomic E-state index is -0.784. The Hall–Kier alpha value is -3.93. The van der Waals surface area contributed by atoms with E-state index in [1.807, 2.05) is 6.92 Å². The highest BCUT2D eigenvalue weighted by atomic mass is 16.5. The number of methoxy groups -OCH3 is 1. The Morgan fingerprint density at radius 2 is 1.86 bits per heavy atom. The van der Waals surface area contributed by atoms with Crippen LogP contribution in [0.1, 0.15) is 81.5 Å². The molecule has 4 N–H and O–H groups in total. The molecule has 1 aliphatic heterocycles. The number of carbonyl (C=O) groups is 3. The van der Waals surface area contributed by atoms with Crippen LogP contribution in [0.25, 0.3) is 0 Å². The number of nitrogens with one attached hydrogen (secondary N) is 2. The molecule has 232 valence electrons. The van der Waals surface area contributed by atoms with Gasteiger partial charge in [-0.3, -0.25) is 14.4 Å². The summed E-state index contributed by atoms with van der Waals surface area (Å²) in [5, 5.41) is 6.05. The SMILES string of the molecule is CC[C@@H]1C(=O)N(C)c2cnc(Nc3ccc(C(=O)NCC[C@H](N)C(=O)OC4CCCC4)cc3OC)nc2N1C1CCCC1. The molecule has 1 aromatic heterocycles. The smallest absolute Gasteiger partial charge is 0.323 e. The number of rotatable bonds is 11. The highest BCUT2D eigenvalue weighted by Crippen LogP contribution is 2.40. The van der Waals surface area contributed by atoms with E-state index in [1.165, 1.54) is 7.11 Å². The molecule has 0 saturated heterocycles. The lowest BCUT2D eigenvalue weighted by Crippen LogP contribution is -2.55. The summed E-state index contributed by atoms with van der Waals surface area (Å²) in [6.45, 7) is 2.27. The number of anilines is 4. The number of ether oxygens (including phenoxy) is 2. The fourth-order valence-electron chi connectivity index (χ4n) is 6.32. The summed E-state index contributed by atoms with van der Waals surface area (Å²) in [6, 6.07) is 4.27. The fourth-order valence-corrected chi connectivity index (χ4v) is 6.32. The molecular formula is C31H43N7O5. The molecule has 12 heteroatoms. The van der Waals surface area contributed by atoms with Gasteiger partial charge in [-0.1, -0.05) is 19.8 Å². The van der Waals surface area contributed by atoms with Crippen molar-refractivity contribution < 1.29 is 23.9 Å². The number of esters is 1. The van der Waals surface area contributed by atoms with E-state index < -0.39 is 12.0 Å². The van der Waals surface area contributed by atoms with Crippen LogP contribution in [-0.4, -0.2) is 72.7 Å². The standard InChI is InChI=1S/C31H43N7O5/c1-4-24-29(40)37(2)25-18-34-31(36-27(25)38(24)20-9-5-6-10-20)35-23-14-13-19(17-26(23)42-3)28(39)33-16-15-22(32)30(41)43-21-11-7-8-12-21/h13-14,17-18,20-22,24H,4-12,15-16,32H2,1-3H3,(H,33,39)(H,34,35,36)/t22-,24+/m0/s1. The van der Waals surface area contributed by atoms with Crippen molar-refractivity contribution in [2.24, 2.45) is 5.73 Å². The Labute approximate surface area is 252 Å². The molecule has 2 aliphatic carbocycles. The molecule has 3 aliphatic rings. The van der Waals surface area contributed by atoms with Gasteiger partial charge in [0.1, 0.15) is 29.6 Å². The second-order valence-electron chi connectivity index (χ2n) is 11.6. The first-order valence-electron chi connectivity index (χ1n) is 15.4. The first kappa shape index (κ1) is 30.5. The Morgan fingerprint density at radius 3 is 2.56 bits per heavy atom. The molecule has 1 aromatic carbocycles. The van der Waals surface area contributed by atoms with Crippen LogP contribution in [-0.2, 0) is 14.3 Å². The molecule has 2 amide bonds. The first-order chi connectivity index (χ1) is 20.8. The van der Waals surface area contributed by atoms with E-state index in [4.69, 9.17) is 20.2 Å². The van der Waals surface area contributed by atoms with Crippen LogP contribution >= 0.6 is 0 Å². The number of nitrogens with two attached hydrogens (primary N) is 1. The van der Waals surface area contributed by atoms with Crippen molar-refractivity contribution in [3.8, 4) is 5.75 Å². The van der Waals surface area contributed by atoms with Crippen LogP contribution in [0.15, 0.2) is 24.4 Å². The number of amides is 2. The Kier molecular flexibility index (Phi) is 9.64. The quantitative estimate of drug-likeness (QED) is 0.329. The summed E-state index contributed by atoms with van der Waals surface area (Å²) in [6.07, 6.45) is 10.9. The minimum absolute atomic E-state index is 0.0375. The van der Waals surface area contributed by atoms with Crippen molar-refractivity contribution in [3.05, 3.63) is 30.0 Å². The van der Waals surface area contributed by atoms with Crippen molar-refractivity contribution in [2.45, 2.75) is 95.4 Å². The molecule has 12 nitrogen and oxygen atoms in total. The zero-order valence-corrected chi connectivity index (χ0v) is 25.3. The van der Waals surface area contributed by atoms with Crippen LogP contribution in [0.2, 0.25) is 0 Å². The van der Waals surface area contributed by atoms with Crippen molar-refractivity contribution in [1.82, 2.24) is 15.3 Å². The number of nitrogens with zero attached hydrogens (tertiary/aromatic N) is 4. The highest BCUT2D eigenvalue weighted by Gasteiger charge is 2.41. The molecule has 2 fully saturated rings. The second kappa shape index (κ2) is 13.6. The predicted molar refractivity (Wildman–Crippen MR) is 164 cm³/mol. The van der Waals surface area contributed by atoms with Gasteiger partial charge in [0.2, 0.25) is 11.9 Å². The number of fused-ring (bicyclic) bond motifs is 1. The maximum atomic E-state index is 13.2. The summed E-state index contributed by atoms with van der Waals surface area (Å²) in [4.78, 5) is 51.5. The van der Waals surface area contributed by atoms with Gasteiger partial charge in [-0.2, -0.15) is 4.98 Å². The zero-order valence-electron chi connectivity index (χ0n) is 25.3. The summed E-state index contributed by atoms with van der Waals surface area (Å²) >= 11 is 0. The average molecular weight is 594 g/mol. The van der Waals surface area contributed by atoms with Crippen LogP contribution in [0.3, 0.4) is 0 Å². The van der Waals surface area contributed by atoms with Crippen LogP contribution in [0.4, 0.5) is 23.1 Å². The molecule has 2 heterocycles. The highest BCUT2D eigenvalue weighted by molar-refractivity contribution is 6.04. The molecule has 2 aromatic rings. The number of carbonyl (C=O) groups excluding carboxylic acids is 3. The summed E-state index contributed by atoms with van der Waals surface area (Å²) in [7, 11) is 3.30. The lowest BCUT2D eigenvalue weighted by Gasteiger charge is -2.43. The van der Waals surface area contributed by atoms with Gasteiger partial charge in [0.25, 0.3) is 5.91 Å². The monoisotopic (exact) mass is 593 g/mol. The molecule has 0 unspecified atom stereocenters. The number of hydrogen-bond donors (Lipinski definition) is 3. The maximum Gasteiger partial charge on any atom is 0.323 e. The van der Waals surface area contributed by atoms with Crippen LogP contribution < -0.4 is 30.9 Å². The predicted octanol–water partition coefficient (Wildman–Crippen LogP) is 3.67. The molecule has 0 radical (unpaired) electrons. The molecular weight excluding hydrogens is 550 g/mol. The number of hydrogen-bond acceptors (Lipinski definition) is 10. The first-order valence-corrected chi connectivity index (χ1v) is 15.4. The largest absolute Gasteiger partial charge is 0.495 e. The third-order valence-corrected chi connectivity index (χ3v) is 8.75. The molecule has 43 heavy (non-hydrogen) atoms. The number of likely N-dealkylation sites (N-methyl/N-ethyl adjacent to an activating group) is 1. The van der Waals surface area contributed by atoms with E-state index in [0.717, 1.165) is 57.2 Å². The Bertz CT molecular complexity index is 1330. The minimum Gasteiger partial charge on any atom is -0.495 e. The Balaban J connectivity index is 1.25. The van der Waals surface area contributed by atoms with Gasteiger partial charge in [0, 0.05) is 25.2 Å². The van der Waals surface area contributed by atoms with Gasteiger partial charge in [0.05, 0.1) is 19.0 Å². The lowest BCUT2D eigenvalue weighted by molar-refractivity contribution is -0.150. The zero-order chi connectivity index (χ0) is 30.5. The van der Waals surface area contributed by atoms with E-state index in [9.17, 15) is 14.4 Å². The second-order valence-corrected chi connectivity index (χ2v) is 11.6. The third kappa shape index (κ3) is 6.69. The molecule has 2 saturated carbocycles. The van der Waals surface area contributed by atoms with Crippen LogP contribution in [0, 0.1) is 0 Å². The molecule has 0 spiro atoms. The van der Waals surface area contributed by atoms with E-state index in [1.54, 1.807) is 36.3 Å². The van der Waals surface area contributed by atoms with Crippen molar-refractivity contribution in [1.29, 1.82) is 0 Å². The normalized spacial score (nSPS) is 19.7. The van der Waals surface area contributed by atoms with E-state index in [2.05, 4.69) is 20.5 Å². The van der Waals surface area contributed by atoms with Crippen molar-refractivity contribution in [2.75, 3.05) is 35.8 Å². The summed E-state index contributed by atoms with van der Waals surface area (Å²) in [5.41, 5.74) is 7.67. The van der Waals surface area contributed by atoms with Crippen molar-refractivity contribution >= 4 is 40.9 Å². The van der Waals surface area contributed by atoms with Gasteiger partial charge in [-0.15, -0.1) is 0 Å². The number of benzene rings is 1. The van der Waals surface area contributed by atoms with Gasteiger partial charge in [-0.25, -0.2) is 4.98 Å². The van der Waals surface area contributed by atoms with Crippen molar-refractivity contribution in [3.63, 3.8) is 0 Å². The van der Waals surface area contributed by atoms with E-state index in [0.29, 0.717) is 35.1 Å². The van der Waals surface area contributed by atoms with Gasteiger partial charge >= 0.3 is 5.97 Å². The lowest BCUT2D eigenvalue weighted by atomic mass is 10.0. The molecule has 0 bridgehead atoms. The molecule has 2 atom stereocenters.